The Bertz CT molecular complexity index is 916. The van der Waals surface area contributed by atoms with Gasteiger partial charge in [0.15, 0.2) is 9.84 Å². The summed E-state index contributed by atoms with van der Waals surface area (Å²) in [5, 5.41) is 10.8. The van der Waals surface area contributed by atoms with E-state index in [1.54, 1.807) is 0 Å². The van der Waals surface area contributed by atoms with E-state index < -0.39 is 15.9 Å². The van der Waals surface area contributed by atoms with Gasteiger partial charge in [0.2, 0.25) is 0 Å². The van der Waals surface area contributed by atoms with E-state index in [9.17, 15) is 13.5 Å². The number of aromatic nitrogens is 2. The Morgan fingerprint density at radius 3 is 2.64 bits per heavy atom. The summed E-state index contributed by atoms with van der Waals surface area (Å²) in [5.74, 6) is 2.34. The van der Waals surface area contributed by atoms with Crippen LogP contribution in [0.5, 0.6) is 0 Å². The molecule has 0 aliphatic carbocycles. The molecule has 1 aromatic carbocycles. The number of fused-ring (bicyclic) bond motifs is 1. The third-order valence-electron chi connectivity index (χ3n) is 6.27. The number of hydrogen-bond acceptors (Lipinski definition) is 5. The SMILES string of the molecule is CC1CCN(CC(O)Cn2c(CC3CCS(=O)(=O)C3)nc3ccccc32)CC1. The zero-order valence-corrected chi connectivity index (χ0v) is 17.4. The summed E-state index contributed by atoms with van der Waals surface area (Å²) in [6.07, 6.45) is 3.30. The van der Waals surface area contributed by atoms with Gasteiger partial charge in [-0.2, -0.15) is 0 Å². The average Bonchev–Trinajstić information content (AvgIpc) is 3.17. The maximum atomic E-state index is 11.8. The molecular weight excluding hydrogens is 374 g/mol. The quantitative estimate of drug-likeness (QED) is 0.797. The fraction of sp³-hybridized carbons (Fsp3) is 0.667. The highest BCUT2D eigenvalue weighted by Crippen LogP contribution is 2.25. The molecule has 28 heavy (non-hydrogen) atoms. The number of nitrogens with zero attached hydrogens (tertiary/aromatic N) is 3. The molecule has 7 heteroatoms. The second-order valence-electron chi connectivity index (χ2n) is 8.74. The summed E-state index contributed by atoms with van der Waals surface area (Å²) in [6, 6.07) is 7.98. The van der Waals surface area contributed by atoms with Gasteiger partial charge in [-0.1, -0.05) is 19.1 Å². The molecule has 6 nitrogen and oxygen atoms in total. The highest BCUT2D eigenvalue weighted by molar-refractivity contribution is 7.91. The van der Waals surface area contributed by atoms with Crippen molar-refractivity contribution in [2.75, 3.05) is 31.1 Å². The molecule has 0 radical (unpaired) electrons. The smallest absolute Gasteiger partial charge is 0.150 e. The van der Waals surface area contributed by atoms with Gasteiger partial charge in [0.25, 0.3) is 0 Å². The zero-order valence-electron chi connectivity index (χ0n) is 16.6. The van der Waals surface area contributed by atoms with Crippen LogP contribution in [0.4, 0.5) is 0 Å². The van der Waals surface area contributed by atoms with E-state index in [0.29, 0.717) is 25.9 Å². The van der Waals surface area contributed by atoms with E-state index in [1.165, 1.54) is 12.8 Å². The molecule has 2 aliphatic heterocycles. The summed E-state index contributed by atoms with van der Waals surface area (Å²) in [4.78, 5) is 7.13. The molecule has 1 N–H and O–H groups in total. The molecule has 0 amide bonds. The maximum absolute atomic E-state index is 11.8. The first-order valence-corrected chi connectivity index (χ1v) is 12.3. The van der Waals surface area contributed by atoms with Crippen molar-refractivity contribution in [2.45, 2.75) is 45.3 Å². The van der Waals surface area contributed by atoms with Gasteiger partial charge in [-0.25, -0.2) is 13.4 Å². The second-order valence-corrected chi connectivity index (χ2v) is 11.0. The number of sulfone groups is 1. The standard InChI is InChI=1S/C21H31N3O3S/c1-16-6-9-23(10-7-16)13-18(25)14-24-20-5-3-2-4-19(20)22-21(24)12-17-8-11-28(26,27)15-17/h2-5,16-18,25H,6-15H2,1H3. The molecule has 2 saturated heterocycles. The molecule has 2 unspecified atom stereocenters. The Hall–Kier alpha value is -1.44. The number of imidazole rings is 1. The number of likely N-dealkylation sites (tertiary alicyclic amines) is 1. The molecule has 2 aromatic rings. The lowest BCUT2D eigenvalue weighted by molar-refractivity contribution is 0.0802. The van der Waals surface area contributed by atoms with Gasteiger partial charge in [-0.15, -0.1) is 0 Å². The molecule has 4 rings (SSSR count). The Morgan fingerprint density at radius 2 is 1.93 bits per heavy atom. The van der Waals surface area contributed by atoms with Crippen molar-refractivity contribution in [2.24, 2.45) is 11.8 Å². The van der Waals surface area contributed by atoms with Gasteiger partial charge in [0.1, 0.15) is 5.82 Å². The lowest BCUT2D eigenvalue weighted by atomic mass is 9.99. The largest absolute Gasteiger partial charge is 0.390 e. The van der Waals surface area contributed by atoms with Crippen molar-refractivity contribution in [3.63, 3.8) is 0 Å². The van der Waals surface area contributed by atoms with Crippen molar-refractivity contribution in [1.29, 1.82) is 0 Å². The molecule has 2 fully saturated rings. The molecule has 3 heterocycles. The number of rotatable bonds is 6. The summed E-state index contributed by atoms with van der Waals surface area (Å²) in [6.45, 7) is 5.57. The van der Waals surface area contributed by atoms with Gasteiger partial charge in [-0.05, 0) is 56.3 Å². The normalized spacial score (nSPS) is 24.7. The summed E-state index contributed by atoms with van der Waals surface area (Å²) in [7, 11) is -2.90. The minimum absolute atomic E-state index is 0.126. The zero-order chi connectivity index (χ0) is 19.7. The van der Waals surface area contributed by atoms with Crippen molar-refractivity contribution in [1.82, 2.24) is 14.5 Å². The average molecular weight is 406 g/mol. The van der Waals surface area contributed by atoms with Crippen LogP contribution < -0.4 is 0 Å². The molecular formula is C21H31N3O3S. The molecule has 2 aliphatic rings. The number of β-amino-alcohol motifs (C(OH)–C–C–N with tert-alkyl or cyclic N) is 1. The van der Waals surface area contributed by atoms with Crippen molar-refractivity contribution in [3.05, 3.63) is 30.1 Å². The first kappa shape index (κ1) is 19.9. The van der Waals surface area contributed by atoms with E-state index in [1.807, 2.05) is 24.3 Å². The van der Waals surface area contributed by atoms with Crippen LogP contribution in [0.15, 0.2) is 24.3 Å². The van der Waals surface area contributed by atoms with E-state index in [4.69, 9.17) is 4.98 Å². The van der Waals surface area contributed by atoms with E-state index in [0.717, 1.165) is 35.9 Å². The van der Waals surface area contributed by atoms with E-state index >= 15 is 0 Å². The monoisotopic (exact) mass is 405 g/mol. The van der Waals surface area contributed by atoms with Crippen LogP contribution in [-0.4, -0.2) is 65.2 Å². The molecule has 0 bridgehead atoms. The predicted molar refractivity (Wildman–Crippen MR) is 111 cm³/mol. The van der Waals surface area contributed by atoms with Crippen LogP contribution in [0, 0.1) is 11.8 Å². The van der Waals surface area contributed by atoms with Gasteiger partial charge in [-0.3, -0.25) is 0 Å². The summed E-state index contributed by atoms with van der Waals surface area (Å²) in [5.41, 5.74) is 1.93. The summed E-state index contributed by atoms with van der Waals surface area (Å²) >= 11 is 0. The predicted octanol–water partition coefficient (Wildman–Crippen LogP) is 2.11. The number of aliphatic hydroxyl groups is 1. The van der Waals surface area contributed by atoms with Crippen LogP contribution >= 0.6 is 0 Å². The number of para-hydroxylation sites is 2. The first-order valence-electron chi connectivity index (χ1n) is 10.4. The lowest BCUT2D eigenvalue weighted by Gasteiger charge is -2.31. The van der Waals surface area contributed by atoms with Gasteiger partial charge >= 0.3 is 0 Å². The van der Waals surface area contributed by atoms with Gasteiger partial charge in [0.05, 0.1) is 35.2 Å². The van der Waals surface area contributed by atoms with Crippen LogP contribution in [0.25, 0.3) is 11.0 Å². The van der Waals surface area contributed by atoms with Gasteiger partial charge < -0.3 is 14.6 Å². The second kappa shape index (κ2) is 8.13. The molecule has 2 atom stereocenters. The van der Waals surface area contributed by atoms with Crippen LogP contribution in [0.1, 0.15) is 32.0 Å². The number of piperidine rings is 1. The minimum Gasteiger partial charge on any atom is -0.390 e. The lowest BCUT2D eigenvalue weighted by Crippen LogP contribution is -2.39. The molecule has 154 valence electrons. The molecule has 1 aromatic heterocycles. The Labute approximate surface area is 167 Å². The maximum Gasteiger partial charge on any atom is 0.150 e. The highest BCUT2D eigenvalue weighted by atomic mass is 32.2. The third kappa shape index (κ3) is 4.58. The van der Waals surface area contributed by atoms with Crippen LogP contribution in [-0.2, 0) is 22.8 Å². The van der Waals surface area contributed by atoms with Crippen LogP contribution in [0.3, 0.4) is 0 Å². The topological polar surface area (TPSA) is 75.4 Å². The van der Waals surface area contributed by atoms with Crippen molar-refractivity contribution >= 4 is 20.9 Å². The molecule has 0 saturated carbocycles. The number of hydrogen-bond donors (Lipinski definition) is 1. The fourth-order valence-corrected chi connectivity index (χ4v) is 6.45. The van der Waals surface area contributed by atoms with Crippen molar-refractivity contribution in [3.8, 4) is 0 Å². The Balaban J connectivity index is 1.50. The Kier molecular flexibility index (Phi) is 5.76. The highest BCUT2D eigenvalue weighted by Gasteiger charge is 2.29. The van der Waals surface area contributed by atoms with E-state index in [2.05, 4.69) is 16.4 Å². The summed E-state index contributed by atoms with van der Waals surface area (Å²) < 4.78 is 25.8. The third-order valence-corrected chi connectivity index (χ3v) is 8.11. The fourth-order valence-electron chi connectivity index (χ4n) is 4.59. The number of aliphatic hydroxyl groups excluding tert-OH is 1. The minimum atomic E-state index is -2.90. The first-order chi connectivity index (χ1) is 13.4. The Morgan fingerprint density at radius 1 is 1.18 bits per heavy atom. The number of benzene rings is 1. The van der Waals surface area contributed by atoms with Crippen LogP contribution in [0.2, 0.25) is 0 Å². The van der Waals surface area contributed by atoms with Crippen molar-refractivity contribution < 1.29 is 13.5 Å². The molecule has 0 spiro atoms. The van der Waals surface area contributed by atoms with E-state index in [-0.39, 0.29) is 17.4 Å². The van der Waals surface area contributed by atoms with Gasteiger partial charge in [0, 0.05) is 13.0 Å².